The summed E-state index contributed by atoms with van der Waals surface area (Å²) in [6.07, 6.45) is 3.10. The second kappa shape index (κ2) is 3.57. The maximum absolute atomic E-state index is 6.23. The summed E-state index contributed by atoms with van der Waals surface area (Å²) in [5, 5.41) is 5.23. The molecule has 3 heteroatoms. The summed E-state index contributed by atoms with van der Waals surface area (Å²) in [7, 11) is 0. The van der Waals surface area contributed by atoms with E-state index in [0.717, 1.165) is 35.9 Å². The molecule has 1 heterocycles. The first-order valence-electron chi connectivity index (χ1n) is 6.26. The number of hydrogen-bond donors (Lipinski definition) is 1. The third kappa shape index (κ3) is 1.84. The van der Waals surface area contributed by atoms with Crippen LogP contribution < -0.4 is 5.73 Å². The molecule has 0 bridgehead atoms. The fraction of sp³-hybridized carbons (Fsp3) is 0.500. The highest BCUT2D eigenvalue weighted by Crippen LogP contribution is 2.43. The minimum absolute atomic E-state index is 0.0828. The Morgan fingerprint density at radius 2 is 2.18 bits per heavy atom. The molecule has 0 radical (unpaired) electrons. The Morgan fingerprint density at radius 3 is 2.82 bits per heavy atom. The van der Waals surface area contributed by atoms with Gasteiger partial charge in [0, 0.05) is 17.3 Å². The molecule has 0 unspecified atom stereocenters. The van der Waals surface area contributed by atoms with E-state index in [1.54, 1.807) is 0 Å². The fourth-order valence-electron chi connectivity index (χ4n) is 2.24. The van der Waals surface area contributed by atoms with Crippen molar-refractivity contribution >= 4 is 10.9 Å². The quantitative estimate of drug-likeness (QED) is 0.881. The number of fused-ring (bicyclic) bond motifs is 1. The van der Waals surface area contributed by atoms with Gasteiger partial charge in [-0.2, -0.15) is 0 Å². The zero-order chi connectivity index (χ0) is 12.0. The van der Waals surface area contributed by atoms with Crippen molar-refractivity contribution in [1.82, 2.24) is 5.16 Å². The van der Waals surface area contributed by atoms with Gasteiger partial charge in [0.25, 0.3) is 0 Å². The van der Waals surface area contributed by atoms with Crippen molar-refractivity contribution in [2.24, 2.45) is 11.7 Å². The molecule has 0 saturated heterocycles. The third-order valence-electron chi connectivity index (χ3n) is 3.51. The Bertz CT molecular complexity index is 552. The highest BCUT2D eigenvalue weighted by molar-refractivity contribution is 5.81. The summed E-state index contributed by atoms with van der Waals surface area (Å²) in [4.78, 5) is 0. The summed E-state index contributed by atoms with van der Waals surface area (Å²) in [5.74, 6) is 1.56. The second-order valence-corrected chi connectivity index (χ2v) is 5.59. The van der Waals surface area contributed by atoms with Gasteiger partial charge in [0.1, 0.15) is 11.3 Å². The molecule has 1 aromatic heterocycles. The molecule has 0 amide bonds. The van der Waals surface area contributed by atoms with Gasteiger partial charge in [0.2, 0.25) is 0 Å². The minimum Gasteiger partial charge on any atom is -0.360 e. The van der Waals surface area contributed by atoms with Crippen LogP contribution in [0.3, 0.4) is 0 Å². The molecule has 1 saturated carbocycles. The van der Waals surface area contributed by atoms with Gasteiger partial charge in [-0.25, -0.2) is 0 Å². The average molecular weight is 230 g/mol. The van der Waals surface area contributed by atoms with Crippen LogP contribution in [0, 0.1) is 5.92 Å². The summed E-state index contributed by atoms with van der Waals surface area (Å²) < 4.78 is 5.42. The molecule has 1 aromatic carbocycles. The van der Waals surface area contributed by atoms with Crippen LogP contribution in [0.5, 0.6) is 0 Å². The van der Waals surface area contributed by atoms with E-state index in [1.165, 1.54) is 5.56 Å². The van der Waals surface area contributed by atoms with Gasteiger partial charge >= 0.3 is 0 Å². The van der Waals surface area contributed by atoms with E-state index < -0.39 is 0 Å². The van der Waals surface area contributed by atoms with Crippen LogP contribution in [-0.4, -0.2) is 5.16 Å². The van der Waals surface area contributed by atoms with Crippen LogP contribution >= 0.6 is 0 Å². The first-order valence-corrected chi connectivity index (χ1v) is 6.26. The van der Waals surface area contributed by atoms with Crippen molar-refractivity contribution in [1.29, 1.82) is 0 Å². The van der Waals surface area contributed by atoms with Gasteiger partial charge < -0.3 is 10.3 Å². The van der Waals surface area contributed by atoms with Crippen LogP contribution in [0.15, 0.2) is 22.7 Å². The van der Waals surface area contributed by atoms with Crippen LogP contribution in [0.25, 0.3) is 10.9 Å². The number of benzene rings is 1. The predicted molar refractivity (Wildman–Crippen MR) is 67.7 cm³/mol. The van der Waals surface area contributed by atoms with Crippen LogP contribution in [0.4, 0.5) is 0 Å². The van der Waals surface area contributed by atoms with E-state index in [2.05, 4.69) is 31.1 Å². The van der Waals surface area contributed by atoms with E-state index in [1.807, 2.05) is 6.07 Å². The van der Waals surface area contributed by atoms with Gasteiger partial charge in [-0.15, -0.1) is 0 Å². The summed E-state index contributed by atoms with van der Waals surface area (Å²) in [5.41, 5.74) is 8.30. The number of hydrogen-bond acceptors (Lipinski definition) is 3. The van der Waals surface area contributed by atoms with E-state index in [0.29, 0.717) is 5.92 Å². The molecule has 3 rings (SSSR count). The molecule has 1 fully saturated rings. The van der Waals surface area contributed by atoms with E-state index >= 15 is 0 Å². The average Bonchev–Trinajstić information content (AvgIpc) is 2.91. The monoisotopic (exact) mass is 230 g/mol. The molecule has 17 heavy (non-hydrogen) atoms. The van der Waals surface area contributed by atoms with Crippen molar-refractivity contribution in [2.45, 2.75) is 38.6 Å². The molecule has 1 aliphatic carbocycles. The number of nitrogens with zero attached hydrogens (tertiary/aromatic N) is 1. The maximum atomic E-state index is 6.23. The zero-order valence-corrected chi connectivity index (χ0v) is 10.4. The SMILES string of the molecule is CC(C)Cc1onc2ccc(C3(N)CC3)cc12. The second-order valence-electron chi connectivity index (χ2n) is 5.59. The van der Waals surface area contributed by atoms with Gasteiger partial charge in [-0.3, -0.25) is 0 Å². The van der Waals surface area contributed by atoms with E-state index in [4.69, 9.17) is 10.3 Å². The summed E-state index contributed by atoms with van der Waals surface area (Å²) in [6, 6.07) is 6.26. The molecular formula is C14H18N2O. The number of rotatable bonds is 3. The van der Waals surface area contributed by atoms with Crippen molar-refractivity contribution in [3.8, 4) is 0 Å². The van der Waals surface area contributed by atoms with Crippen molar-refractivity contribution in [2.75, 3.05) is 0 Å². The Kier molecular flexibility index (Phi) is 2.26. The van der Waals surface area contributed by atoms with Gasteiger partial charge in [-0.1, -0.05) is 25.1 Å². The molecule has 90 valence electrons. The first-order chi connectivity index (χ1) is 8.08. The molecule has 2 N–H and O–H groups in total. The molecule has 2 aromatic rings. The summed E-state index contributed by atoms with van der Waals surface area (Å²) >= 11 is 0. The molecule has 0 spiro atoms. The molecule has 0 aliphatic heterocycles. The third-order valence-corrected chi connectivity index (χ3v) is 3.51. The molecule has 3 nitrogen and oxygen atoms in total. The topological polar surface area (TPSA) is 52.0 Å². The van der Waals surface area contributed by atoms with Crippen LogP contribution in [0.2, 0.25) is 0 Å². The largest absolute Gasteiger partial charge is 0.360 e. The molecule has 1 aliphatic rings. The summed E-state index contributed by atoms with van der Waals surface area (Å²) in [6.45, 7) is 4.37. The smallest absolute Gasteiger partial charge is 0.144 e. The van der Waals surface area contributed by atoms with Gasteiger partial charge in [0.15, 0.2) is 0 Å². The molecule has 0 atom stereocenters. The van der Waals surface area contributed by atoms with Crippen molar-refractivity contribution in [3.63, 3.8) is 0 Å². The lowest BCUT2D eigenvalue weighted by Crippen LogP contribution is -2.18. The lowest BCUT2D eigenvalue weighted by molar-refractivity contribution is 0.376. The Balaban J connectivity index is 2.06. The van der Waals surface area contributed by atoms with Crippen molar-refractivity contribution in [3.05, 3.63) is 29.5 Å². The molecular weight excluding hydrogens is 212 g/mol. The van der Waals surface area contributed by atoms with Gasteiger partial charge in [0.05, 0.1) is 0 Å². The van der Waals surface area contributed by atoms with E-state index in [-0.39, 0.29) is 5.54 Å². The lowest BCUT2D eigenvalue weighted by atomic mass is 10.0. The van der Waals surface area contributed by atoms with Crippen LogP contribution in [0.1, 0.15) is 38.0 Å². The number of nitrogens with two attached hydrogens (primary N) is 1. The van der Waals surface area contributed by atoms with Crippen LogP contribution in [-0.2, 0) is 12.0 Å². The minimum atomic E-state index is -0.0828. The Labute approximate surface area is 101 Å². The standard InChI is InChI=1S/C14H18N2O/c1-9(2)7-13-11-8-10(14(15)5-6-14)3-4-12(11)16-17-13/h3-4,8-9H,5-7,15H2,1-2H3. The number of aromatic nitrogens is 1. The highest BCUT2D eigenvalue weighted by Gasteiger charge is 2.40. The Hall–Kier alpha value is -1.35. The van der Waals surface area contributed by atoms with Crippen molar-refractivity contribution < 1.29 is 4.52 Å². The maximum Gasteiger partial charge on any atom is 0.144 e. The van der Waals surface area contributed by atoms with E-state index in [9.17, 15) is 0 Å². The normalized spacial score (nSPS) is 17.9. The fourth-order valence-corrected chi connectivity index (χ4v) is 2.24. The predicted octanol–water partition coefficient (Wildman–Crippen LogP) is 2.97. The van der Waals surface area contributed by atoms with Gasteiger partial charge in [-0.05, 0) is 36.5 Å². The zero-order valence-electron chi connectivity index (χ0n) is 10.4. The lowest BCUT2D eigenvalue weighted by Gasteiger charge is -2.08. The first kappa shape index (κ1) is 10.8. The Morgan fingerprint density at radius 1 is 1.41 bits per heavy atom. The highest BCUT2D eigenvalue weighted by atomic mass is 16.5.